The molecule has 0 bridgehead atoms. The number of nitro groups is 1. The van der Waals surface area contributed by atoms with Crippen molar-refractivity contribution in [2.75, 3.05) is 20.6 Å². The lowest BCUT2D eigenvalue weighted by Crippen LogP contribution is -2.42. The Bertz CT molecular complexity index is 557. The Balaban J connectivity index is 2.20. The van der Waals surface area contributed by atoms with Gasteiger partial charge in [0.2, 0.25) is 5.91 Å². The maximum absolute atomic E-state index is 12.2. The predicted molar refractivity (Wildman–Crippen MR) is 80.0 cm³/mol. The van der Waals surface area contributed by atoms with E-state index in [2.05, 4.69) is 4.90 Å². The molecule has 1 aromatic rings. The molecule has 1 unspecified atom stereocenters. The van der Waals surface area contributed by atoms with Gasteiger partial charge in [-0.25, -0.2) is 0 Å². The van der Waals surface area contributed by atoms with Crippen LogP contribution >= 0.6 is 0 Å². The molecule has 0 radical (unpaired) electrons. The number of carbonyl (C=O) groups excluding carboxylic acids is 1. The van der Waals surface area contributed by atoms with Gasteiger partial charge in [-0.1, -0.05) is 12.1 Å². The number of likely N-dealkylation sites (N-methyl/N-ethyl adjacent to an activating group) is 1. The van der Waals surface area contributed by atoms with E-state index in [1.807, 2.05) is 6.07 Å². The molecule has 1 heterocycles. The predicted octanol–water partition coefficient (Wildman–Crippen LogP) is 1.96. The number of carbonyl (C=O) groups is 1. The van der Waals surface area contributed by atoms with Crippen LogP contribution in [0.4, 0.5) is 5.69 Å². The van der Waals surface area contributed by atoms with E-state index >= 15 is 0 Å². The minimum atomic E-state index is -0.356. The number of nitro benzene ring substituents is 1. The Labute approximate surface area is 124 Å². The summed E-state index contributed by atoms with van der Waals surface area (Å²) in [5, 5.41) is 11.0. The van der Waals surface area contributed by atoms with Crippen molar-refractivity contribution >= 4 is 11.6 Å². The third-order valence-corrected chi connectivity index (χ3v) is 4.08. The normalized spacial score (nSPS) is 18.7. The van der Waals surface area contributed by atoms with Crippen molar-refractivity contribution in [1.82, 2.24) is 9.80 Å². The number of amides is 1. The smallest absolute Gasteiger partial charge is 0.272 e. The molecule has 1 aromatic carbocycles. The van der Waals surface area contributed by atoms with Crippen molar-refractivity contribution in [1.29, 1.82) is 0 Å². The highest BCUT2D eigenvalue weighted by Crippen LogP contribution is 2.26. The molecule has 0 spiro atoms. The summed E-state index contributed by atoms with van der Waals surface area (Å²) < 4.78 is 0. The van der Waals surface area contributed by atoms with Crippen LogP contribution in [0.15, 0.2) is 18.2 Å². The lowest BCUT2D eigenvalue weighted by atomic mass is 10.1. The molecule has 0 aliphatic carbocycles. The van der Waals surface area contributed by atoms with Gasteiger partial charge in [-0.15, -0.1) is 0 Å². The zero-order valence-corrected chi connectivity index (χ0v) is 12.7. The molecule has 6 nitrogen and oxygen atoms in total. The van der Waals surface area contributed by atoms with Gasteiger partial charge in [-0.2, -0.15) is 0 Å². The molecule has 1 saturated heterocycles. The second-order valence-electron chi connectivity index (χ2n) is 5.68. The monoisotopic (exact) mass is 291 g/mol. The highest BCUT2D eigenvalue weighted by atomic mass is 16.6. The Morgan fingerprint density at radius 1 is 1.48 bits per heavy atom. The SMILES string of the molecule is Cc1c(CN2CCCC2C(=O)N(C)C)cccc1[N+](=O)[O-]. The summed E-state index contributed by atoms with van der Waals surface area (Å²) in [5.74, 6) is 0.107. The summed E-state index contributed by atoms with van der Waals surface area (Å²) in [4.78, 5) is 26.6. The molecule has 6 heteroatoms. The second kappa shape index (κ2) is 6.22. The van der Waals surface area contributed by atoms with Crippen LogP contribution < -0.4 is 0 Å². The number of rotatable bonds is 4. The largest absolute Gasteiger partial charge is 0.347 e. The Kier molecular flexibility index (Phi) is 4.57. The summed E-state index contributed by atoms with van der Waals surface area (Å²) in [6, 6.07) is 5.02. The van der Waals surface area contributed by atoms with E-state index in [9.17, 15) is 14.9 Å². The molecule has 1 aliphatic rings. The minimum Gasteiger partial charge on any atom is -0.347 e. The van der Waals surface area contributed by atoms with Gasteiger partial charge in [0.25, 0.3) is 5.69 Å². The van der Waals surface area contributed by atoms with Gasteiger partial charge in [-0.05, 0) is 31.9 Å². The van der Waals surface area contributed by atoms with Crippen LogP contribution in [0, 0.1) is 17.0 Å². The molecule has 114 valence electrons. The Hall–Kier alpha value is -1.95. The molecule has 0 N–H and O–H groups in total. The van der Waals surface area contributed by atoms with Crippen LogP contribution in [-0.2, 0) is 11.3 Å². The van der Waals surface area contributed by atoms with Crippen LogP contribution in [0.25, 0.3) is 0 Å². The third kappa shape index (κ3) is 3.21. The van der Waals surface area contributed by atoms with Crippen molar-refractivity contribution in [3.8, 4) is 0 Å². The fraction of sp³-hybridized carbons (Fsp3) is 0.533. The molecule has 21 heavy (non-hydrogen) atoms. The molecule has 2 rings (SSSR count). The van der Waals surface area contributed by atoms with Crippen molar-refractivity contribution < 1.29 is 9.72 Å². The van der Waals surface area contributed by atoms with E-state index in [0.29, 0.717) is 12.1 Å². The number of likely N-dealkylation sites (tertiary alicyclic amines) is 1. The zero-order valence-electron chi connectivity index (χ0n) is 12.7. The molecule has 0 aromatic heterocycles. The van der Waals surface area contributed by atoms with Crippen LogP contribution in [-0.4, -0.2) is 47.3 Å². The highest BCUT2D eigenvalue weighted by molar-refractivity contribution is 5.81. The van der Waals surface area contributed by atoms with Crippen molar-refractivity contribution in [3.63, 3.8) is 0 Å². The quantitative estimate of drug-likeness (QED) is 0.628. The maximum Gasteiger partial charge on any atom is 0.272 e. The Morgan fingerprint density at radius 3 is 2.81 bits per heavy atom. The molecular weight excluding hydrogens is 270 g/mol. The third-order valence-electron chi connectivity index (χ3n) is 4.08. The van der Waals surface area contributed by atoms with Crippen molar-refractivity contribution in [2.24, 2.45) is 0 Å². The number of hydrogen-bond donors (Lipinski definition) is 0. The van der Waals surface area contributed by atoms with Gasteiger partial charge in [0.15, 0.2) is 0 Å². The standard InChI is InChI=1S/C15H21N3O3/c1-11-12(6-4-7-13(11)18(20)21)10-17-9-5-8-14(17)15(19)16(2)3/h4,6-7,14H,5,8-10H2,1-3H3. The molecule has 1 atom stereocenters. The molecule has 0 saturated carbocycles. The molecular formula is C15H21N3O3. The van der Waals surface area contributed by atoms with E-state index in [1.54, 1.807) is 32.0 Å². The van der Waals surface area contributed by atoms with E-state index in [0.717, 1.165) is 24.9 Å². The summed E-state index contributed by atoms with van der Waals surface area (Å²) in [6.07, 6.45) is 1.84. The molecule has 1 amide bonds. The number of nitrogens with zero attached hydrogens (tertiary/aromatic N) is 3. The lowest BCUT2D eigenvalue weighted by Gasteiger charge is -2.26. The average Bonchev–Trinajstić information content (AvgIpc) is 2.87. The topological polar surface area (TPSA) is 66.7 Å². The summed E-state index contributed by atoms with van der Waals surface area (Å²) in [6.45, 7) is 3.20. The minimum absolute atomic E-state index is 0.107. The van der Waals surface area contributed by atoms with Crippen molar-refractivity contribution in [3.05, 3.63) is 39.4 Å². The van der Waals surface area contributed by atoms with Crippen LogP contribution in [0.5, 0.6) is 0 Å². The second-order valence-corrected chi connectivity index (χ2v) is 5.68. The zero-order chi connectivity index (χ0) is 15.6. The van der Waals surface area contributed by atoms with Crippen LogP contribution in [0.1, 0.15) is 24.0 Å². The Morgan fingerprint density at radius 2 is 2.19 bits per heavy atom. The molecule has 1 aliphatic heterocycles. The van der Waals surface area contributed by atoms with E-state index in [4.69, 9.17) is 0 Å². The highest BCUT2D eigenvalue weighted by Gasteiger charge is 2.32. The van der Waals surface area contributed by atoms with E-state index < -0.39 is 0 Å². The van der Waals surface area contributed by atoms with Gasteiger partial charge in [0.1, 0.15) is 0 Å². The fourth-order valence-corrected chi connectivity index (χ4v) is 2.85. The van der Waals surface area contributed by atoms with Gasteiger partial charge < -0.3 is 4.90 Å². The van der Waals surface area contributed by atoms with E-state index in [-0.39, 0.29) is 22.6 Å². The average molecular weight is 291 g/mol. The maximum atomic E-state index is 12.2. The van der Waals surface area contributed by atoms with Gasteiger partial charge in [-0.3, -0.25) is 19.8 Å². The first-order valence-electron chi connectivity index (χ1n) is 7.10. The first kappa shape index (κ1) is 15.4. The number of hydrogen-bond acceptors (Lipinski definition) is 4. The summed E-state index contributed by atoms with van der Waals surface area (Å²) >= 11 is 0. The van der Waals surface area contributed by atoms with Gasteiger partial charge >= 0.3 is 0 Å². The summed E-state index contributed by atoms with van der Waals surface area (Å²) in [5.41, 5.74) is 1.75. The van der Waals surface area contributed by atoms with Gasteiger partial charge in [0.05, 0.1) is 11.0 Å². The lowest BCUT2D eigenvalue weighted by molar-refractivity contribution is -0.385. The van der Waals surface area contributed by atoms with Crippen LogP contribution in [0.2, 0.25) is 0 Å². The summed E-state index contributed by atoms with van der Waals surface area (Å²) in [7, 11) is 3.52. The van der Waals surface area contributed by atoms with Gasteiger partial charge in [0, 0.05) is 32.3 Å². The first-order chi connectivity index (χ1) is 9.91. The molecule has 1 fully saturated rings. The van der Waals surface area contributed by atoms with Crippen LogP contribution in [0.3, 0.4) is 0 Å². The van der Waals surface area contributed by atoms with E-state index in [1.165, 1.54) is 6.07 Å². The first-order valence-corrected chi connectivity index (χ1v) is 7.10. The van der Waals surface area contributed by atoms with Crippen molar-refractivity contribution in [2.45, 2.75) is 32.4 Å². The number of benzene rings is 1. The fourth-order valence-electron chi connectivity index (χ4n) is 2.85.